The van der Waals surface area contributed by atoms with Crippen molar-refractivity contribution in [2.24, 2.45) is 0 Å². The van der Waals surface area contributed by atoms with Crippen LogP contribution in [-0.2, 0) is 0 Å². The molecule has 0 rings (SSSR count). The van der Waals surface area contributed by atoms with Crippen LogP contribution in [0.5, 0.6) is 0 Å². The minimum absolute atomic E-state index is 0.325. The van der Waals surface area contributed by atoms with Crippen molar-refractivity contribution >= 4 is 11.6 Å². The molecule has 0 saturated heterocycles. The summed E-state index contributed by atoms with van der Waals surface area (Å²) >= 11 is 5.61. The van der Waals surface area contributed by atoms with Gasteiger partial charge in [0, 0.05) is 11.4 Å². The number of halogens is 1. The molecule has 0 aromatic heterocycles. The van der Waals surface area contributed by atoms with Crippen LogP contribution in [0.25, 0.3) is 0 Å². The molecule has 0 aliphatic carbocycles. The van der Waals surface area contributed by atoms with Gasteiger partial charge in [0.25, 0.3) is 0 Å². The van der Waals surface area contributed by atoms with Crippen LogP contribution in [0.1, 0.15) is 33.6 Å². The van der Waals surface area contributed by atoms with Crippen LogP contribution in [0.15, 0.2) is 0 Å². The van der Waals surface area contributed by atoms with E-state index < -0.39 is 0 Å². The van der Waals surface area contributed by atoms with E-state index in [-0.39, 0.29) is 0 Å². The normalized spacial score (nSPS) is 12.5. The van der Waals surface area contributed by atoms with E-state index in [4.69, 9.17) is 11.6 Å². The fraction of sp³-hybridized carbons (Fsp3) is 1.00. The molecule has 0 N–H and O–H groups in total. The van der Waals surface area contributed by atoms with E-state index in [1.165, 1.54) is 6.42 Å². The van der Waals surface area contributed by atoms with Gasteiger partial charge in [-0.05, 0) is 40.3 Å². The monoisotopic (exact) mass is 177 g/mol. The van der Waals surface area contributed by atoms with E-state index in [1.807, 2.05) is 0 Å². The maximum absolute atomic E-state index is 5.61. The van der Waals surface area contributed by atoms with E-state index in [9.17, 15) is 0 Å². The highest BCUT2D eigenvalue weighted by Gasteiger charge is 2.19. The second kappa shape index (κ2) is 5.00. The van der Waals surface area contributed by atoms with E-state index in [2.05, 4.69) is 32.7 Å². The molecular weight excluding hydrogens is 158 g/mol. The summed E-state index contributed by atoms with van der Waals surface area (Å²) in [4.78, 5) is 2.37. The molecule has 0 radical (unpaired) electrons. The van der Waals surface area contributed by atoms with Gasteiger partial charge in [-0.1, -0.05) is 6.92 Å². The molecule has 1 nitrogen and oxygen atoms in total. The van der Waals surface area contributed by atoms with Crippen molar-refractivity contribution in [2.45, 2.75) is 39.2 Å². The van der Waals surface area contributed by atoms with Gasteiger partial charge in [0.1, 0.15) is 0 Å². The first-order valence-electron chi connectivity index (χ1n) is 4.31. The molecular formula is C9H20ClN. The summed E-state index contributed by atoms with van der Waals surface area (Å²) in [6.07, 6.45) is 2.27. The number of nitrogens with zero attached hydrogens (tertiary/aromatic N) is 1. The molecule has 0 amide bonds. The lowest BCUT2D eigenvalue weighted by Crippen LogP contribution is -2.41. The average Bonchev–Trinajstić information content (AvgIpc) is 2.00. The minimum Gasteiger partial charge on any atom is -0.301 e. The fourth-order valence-corrected chi connectivity index (χ4v) is 0.989. The Bertz CT molecular complexity index is 102. The molecule has 0 aliphatic heterocycles. The van der Waals surface area contributed by atoms with Crippen LogP contribution in [-0.4, -0.2) is 29.9 Å². The van der Waals surface area contributed by atoms with Gasteiger partial charge in [-0.2, -0.15) is 0 Å². The molecule has 0 atom stereocenters. The van der Waals surface area contributed by atoms with Crippen LogP contribution in [0.2, 0.25) is 0 Å². The van der Waals surface area contributed by atoms with Crippen molar-refractivity contribution < 1.29 is 0 Å². The van der Waals surface area contributed by atoms with E-state index in [1.54, 1.807) is 0 Å². The first-order valence-corrected chi connectivity index (χ1v) is 4.85. The first kappa shape index (κ1) is 11.2. The van der Waals surface area contributed by atoms with Crippen molar-refractivity contribution in [3.8, 4) is 0 Å². The third-order valence-electron chi connectivity index (χ3n) is 2.53. The summed E-state index contributed by atoms with van der Waals surface area (Å²) < 4.78 is 0. The third kappa shape index (κ3) is 3.97. The van der Waals surface area contributed by atoms with Gasteiger partial charge < -0.3 is 4.90 Å². The summed E-state index contributed by atoms with van der Waals surface area (Å²) in [6, 6.07) is 0. The summed E-state index contributed by atoms with van der Waals surface area (Å²) in [5.41, 5.74) is 0.325. The molecule has 0 saturated carbocycles. The van der Waals surface area contributed by atoms with Gasteiger partial charge in [0.15, 0.2) is 0 Å². The van der Waals surface area contributed by atoms with E-state index in [0.29, 0.717) is 5.54 Å². The Morgan fingerprint density at radius 3 is 2.27 bits per heavy atom. The molecule has 0 heterocycles. The predicted molar refractivity (Wildman–Crippen MR) is 52.3 cm³/mol. The minimum atomic E-state index is 0.325. The summed E-state index contributed by atoms with van der Waals surface area (Å²) in [7, 11) is 2.16. The van der Waals surface area contributed by atoms with E-state index in [0.717, 1.165) is 18.8 Å². The van der Waals surface area contributed by atoms with Crippen LogP contribution in [0, 0.1) is 0 Å². The zero-order chi connectivity index (χ0) is 8.91. The molecule has 0 spiro atoms. The number of hydrogen-bond acceptors (Lipinski definition) is 1. The van der Waals surface area contributed by atoms with Gasteiger partial charge in [0.2, 0.25) is 0 Å². The van der Waals surface area contributed by atoms with Crippen molar-refractivity contribution in [3.63, 3.8) is 0 Å². The predicted octanol–water partition coefficient (Wildman–Crippen LogP) is 2.74. The Balaban J connectivity index is 3.71. The van der Waals surface area contributed by atoms with Gasteiger partial charge in [-0.15, -0.1) is 11.6 Å². The number of rotatable bonds is 5. The molecule has 2 heteroatoms. The number of hydrogen-bond donors (Lipinski definition) is 0. The number of alkyl halides is 1. The Hall–Kier alpha value is 0.250. The summed E-state index contributed by atoms with van der Waals surface area (Å²) in [5, 5.41) is 0. The van der Waals surface area contributed by atoms with Crippen molar-refractivity contribution in [1.82, 2.24) is 4.90 Å². The summed E-state index contributed by atoms with van der Waals surface area (Å²) in [5.74, 6) is 0.768. The highest BCUT2D eigenvalue weighted by atomic mass is 35.5. The topological polar surface area (TPSA) is 3.24 Å². The molecule has 0 aromatic carbocycles. The van der Waals surface area contributed by atoms with Crippen molar-refractivity contribution in [3.05, 3.63) is 0 Å². The maximum Gasteiger partial charge on any atom is 0.0235 e. The van der Waals surface area contributed by atoms with Crippen LogP contribution >= 0.6 is 11.6 Å². The van der Waals surface area contributed by atoms with Crippen LogP contribution in [0.3, 0.4) is 0 Å². The molecule has 0 unspecified atom stereocenters. The fourth-order valence-electron chi connectivity index (χ4n) is 0.870. The highest BCUT2D eigenvalue weighted by molar-refractivity contribution is 6.17. The van der Waals surface area contributed by atoms with Gasteiger partial charge in [-0.3, -0.25) is 0 Å². The maximum atomic E-state index is 5.61. The Labute approximate surface area is 75.7 Å². The van der Waals surface area contributed by atoms with Gasteiger partial charge in [-0.25, -0.2) is 0 Å². The molecule has 0 fully saturated rings. The molecule has 0 bridgehead atoms. The second-order valence-corrected chi connectivity index (χ2v) is 4.01. The lowest BCUT2D eigenvalue weighted by molar-refractivity contribution is 0.152. The van der Waals surface area contributed by atoms with Crippen LogP contribution in [0.4, 0.5) is 0 Å². The Morgan fingerprint density at radius 2 is 1.91 bits per heavy atom. The SMILES string of the molecule is CCC(C)(C)N(C)CCCCl. The molecule has 11 heavy (non-hydrogen) atoms. The zero-order valence-electron chi connectivity index (χ0n) is 8.15. The zero-order valence-corrected chi connectivity index (χ0v) is 8.91. The quantitative estimate of drug-likeness (QED) is 0.584. The Morgan fingerprint density at radius 1 is 1.36 bits per heavy atom. The average molecular weight is 178 g/mol. The molecule has 68 valence electrons. The second-order valence-electron chi connectivity index (χ2n) is 3.63. The van der Waals surface area contributed by atoms with Crippen LogP contribution < -0.4 is 0 Å². The first-order chi connectivity index (χ1) is 5.04. The van der Waals surface area contributed by atoms with Crippen molar-refractivity contribution in [2.75, 3.05) is 19.5 Å². The lowest BCUT2D eigenvalue weighted by atomic mass is 10.00. The highest BCUT2D eigenvalue weighted by Crippen LogP contribution is 2.16. The largest absolute Gasteiger partial charge is 0.301 e. The smallest absolute Gasteiger partial charge is 0.0235 e. The summed E-state index contributed by atoms with van der Waals surface area (Å²) in [6.45, 7) is 7.85. The lowest BCUT2D eigenvalue weighted by Gasteiger charge is -2.34. The molecule has 0 aliphatic rings. The standard InChI is InChI=1S/C9H20ClN/c1-5-9(2,3)11(4)8-6-7-10/h5-8H2,1-4H3. The Kier molecular flexibility index (Phi) is 5.11. The van der Waals surface area contributed by atoms with Gasteiger partial charge >= 0.3 is 0 Å². The van der Waals surface area contributed by atoms with Crippen molar-refractivity contribution in [1.29, 1.82) is 0 Å². The van der Waals surface area contributed by atoms with E-state index >= 15 is 0 Å². The third-order valence-corrected chi connectivity index (χ3v) is 2.79. The molecule has 0 aromatic rings. The van der Waals surface area contributed by atoms with Gasteiger partial charge in [0.05, 0.1) is 0 Å².